The maximum atomic E-state index is 12.8. The minimum atomic E-state index is -0.564. The van der Waals surface area contributed by atoms with Crippen LogP contribution in [-0.2, 0) is 42.2 Å². The molecule has 4 atom stereocenters. The number of hydroxylamine groups is 5. The Bertz CT molecular complexity index is 1810. The van der Waals surface area contributed by atoms with Crippen LogP contribution in [0.25, 0.3) is 0 Å². The highest BCUT2D eigenvalue weighted by Crippen LogP contribution is 2.34. The summed E-state index contributed by atoms with van der Waals surface area (Å²) in [7, 11) is 0. The van der Waals surface area contributed by atoms with Crippen LogP contribution in [0.5, 0.6) is 0 Å². The first-order chi connectivity index (χ1) is 28.1. The van der Waals surface area contributed by atoms with Crippen LogP contribution >= 0.6 is 11.8 Å². The first kappa shape index (κ1) is 43.9. The maximum absolute atomic E-state index is 12.8. The third-order valence-electron chi connectivity index (χ3n) is 9.58. The lowest BCUT2D eigenvalue weighted by atomic mass is 10.0. The molecule has 4 aliphatic heterocycles. The fourth-order valence-electron chi connectivity index (χ4n) is 6.67. The zero-order chi connectivity index (χ0) is 41.4. The number of urea groups is 2. The number of nitrogens with zero attached hydrogens (tertiary/aromatic N) is 6. The number of piperidine rings is 2. The predicted octanol–water partition coefficient (Wildman–Crippen LogP) is 5.14. The van der Waals surface area contributed by atoms with E-state index < -0.39 is 17.0 Å². The lowest BCUT2D eigenvalue weighted by Gasteiger charge is -2.28. The summed E-state index contributed by atoms with van der Waals surface area (Å²) >= 11 is 0.896. The van der Waals surface area contributed by atoms with E-state index in [-0.39, 0.29) is 47.5 Å². The molecule has 18 nitrogen and oxygen atoms in total. The van der Waals surface area contributed by atoms with Crippen LogP contribution in [-0.4, -0.2) is 103 Å². The Morgan fingerprint density at radius 1 is 0.810 bits per heavy atom. The molecule has 3 N–H and O–H groups in total. The van der Waals surface area contributed by atoms with Crippen molar-refractivity contribution >= 4 is 40.5 Å². The van der Waals surface area contributed by atoms with Crippen molar-refractivity contribution in [1.82, 2.24) is 30.4 Å². The molecule has 4 saturated heterocycles. The number of amides is 5. The van der Waals surface area contributed by atoms with Crippen LogP contribution in [0.2, 0.25) is 0 Å². The summed E-state index contributed by atoms with van der Waals surface area (Å²) in [4.78, 5) is 88.3. The standard InChI is InChI=1S/C19H18N4O5S.C17H23N3O4.C3H9NO/c24-18(29-17-9-7-14(10-20-17)23(26)27)16-8-6-15-11-21(16)19(25)22(15)28-12-13-4-2-1-3-5-13;1-2-10-23-18-16(21)15-9-8-14-11-19(15)17(22)20(14)24-12-13-6-4-3-5-7-13;1-2-3-5-4/h1-5,7,9-10,15-16H,6,8,11-12H2;3-7,14-15H,2,8-12H2,1H3,(H,18,21);2-4H2,1H3/t15-,16+;14-,15+;/m11./s1. The monoisotopic (exact) mass is 822 g/mol. The second-order valence-electron chi connectivity index (χ2n) is 13.8. The largest absolute Gasteiger partial charge is 0.345 e. The van der Waals surface area contributed by atoms with E-state index in [2.05, 4.69) is 21.2 Å². The fourth-order valence-corrected chi connectivity index (χ4v) is 7.50. The van der Waals surface area contributed by atoms with Crippen molar-refractivity contribution in [2.45, 2.75) is 94.8 Å². The van der Waals surface area contributed by atoms with E-state index in [9.17, 15) is 29.3 Å². The molecule has 0 radical (unpaired) electrons. The molecule has 4 aliphatic rings. The van der Waals surface area contributed by atoms with Crippen LogP contribution in [0.15, 0.2) is 84.0 Å². The molecule has 3 aromatic rings. The van der Waals surface area contributed by atoms with Gasteiger partial charge in [-0.3, -0.25) is 34.2 Å². The van der Waals surface area contributed by atoms with Gasteiger partial charge in [-0.1, -0.05) is 74.5 Å². The molecule has 19 heteroatoms. The number of carbonyl (C=O) groups excluding carboxylic acids is 4. The molecule has 0 spiro atoms. The van der Waals surface area contributed by atoms with Crippen LogP contribution in [0.3, 0.4) is 0 Å². The molecule has 2 aromatic carbocycles. The molecule has 312 valence electrons. The molecule has 4 fully saturated rings. The molecular formula is C39H50N8O10S. The topological polar surface area (TPSA) is 212 Å². The van der Waals surface area contributed by atoms with Gasteiger partial charge in [-0.2, -0.15) is 10.1 Å². The van der Waals surface area contributed by atoms with E-state index >= 15 is 0 Å². The number of nitro groups is 1. The molecular weight excluding hydrogens is 773 g/mol. The molecule has 5 heterocycles. The Kier molecular flexibility index (Phi) is 16.7. The first-order valence-corrected chi connectivity index (χ1v) is 20.1. The molecule has 0 saturated carbocycles. The summed E-state index contributed by atoms with van der Waals surface area (Å²) in [6, 6.07) is 20.4. The lowest BCUT2D eigenvalue weighted by Crippen LogP contribution is -2.49. The lowest BCUT2D eigenvalue weighted by molar-refractivity contribution is -0.385. The van der Waals surface area contributed by atoms with Gasteiger partial charge in [0.2, 0.25) is 5.12 Å². The molecule has 1 aromatic heterocycles. The molecule has 5 amide bonds. The van der Waals surface area contributed by atoms with Crippen molar-refractivity contribution in [2.75, 3.05) is 26.3 Å². The van der Waals surface area contributed by atoms with Crippen molar-refractivity contribution in [1.29, 1.82) is 0 Å². The number of hydrogen-bond donors (Lipinski definition) is 2. The van der Waals surface area contributed by atoms with Crippen LogP contribution < -0.4 is 11.4 Å². The Hall–Kier alpha value is -5.18. The number of pyridine rings is 1. The zero-order valence-electron chi connectivity index (χ0n) is 32.6. The van der Waals surface area contributed by atoms with Gasteiger partial charge in [-0.25, -0.2) is 26.0 Å². The third-order valence-corrected chi connectivity index (χ3v) is 10.5. The van der Waals surface area contributed by atoms with Gasteiger partial charge in [0, 0.05) is 19.2 Å². The SMILES string of the molecule is CCCON.CCCONC(=O)[C@@H]1CC[C@@H]2CN1C(=O)N2OCc1ccccc1.O=C(Sc1ccc([N+](=O)[O-])cn1)[C@@H]1CC[C@@H]2CN1C(=O)N2OCc1ccccc1. The van der Waals surface area contributed by atoms with E-state index in [0.717, 1.165) is 48.3 Å². The number of rotatable bonds is 15. The number of carbonyl (C=O) groups is 4. The molecule has 0 aliphatic carbocycles. The number of hydrogen-bond acceptors (Lipinski definition) is 13. The number of nitrogens with two attached hydrogens (primary N) is 1. The highest BCUT2D eigenvalue weighted by atomic mass is 32.2. The predicted molar refractivity (Wildman–Crippen MR) is 211 cm³/mol. The van der Waals surface area contributed by atoms with Crippen molar-refractivity contribution in [2.24, 2.45) is 5.90 Å². The first-order valence-electron chi connectivity index (χ1n) is 19.2. The van der Waals surface area contributed by atoms with Crippen molar-refractivity contribution in [3.8, 4) is 0 Å². The molecule has 4 bridgehead atoms. The normalized spacial score (nSPS) is 20.5. The smallest absolute Gasteiger partial charge is 0.310 e. The number of fused-ring (bicyclic) bond motifs is 4. The zero-order valence-corrected chi connectivity index (χ0v) is 33.4. The van der Waals surface area contributed by atoms with Crippen LogP contribution in [0, 0.1) is 10.1 Å². The van der Waals surface area contributed by atoms with Gasteiger partial charge < -0.3 is 14.6 Å². The maximum Gasteiger partial charge on any atom is 0.345 e. The molecule has 58 heavy (non-hydrogen) atoms. The van der Waals surface area contributed by atoms with Crippen LogP contribution in [0.1, 0.15) is 63.5 Å². The third kappa shape index (κ3) is 11.7. The van der Waals surface area contributed by atoms with Gasteiger partial charge in [-0.15, -0.1) is 0 Å². The van der Waals surface area contributed by atoms with Crippen molar-refractivity contribution in [3.63, 3.8) is 0 Å². The van der Waals surface area contributed by atoms with E-state index in [1.54, 1.807) is 9.80 Å². The van der Waals surface area contributed by atoms with E-state index in [4.69, 9.17) is 14.5 Å². The number of thioether (sulfide) groups is 1. The van der Waals surface area contributed by atoms with Gasteiger partial charge in [0.15, 0.2) is 0 Å². The Balaban J connectivity index is 0.000000201. The fraction of sp³-hybridized carbons (Fsp3) is 0.462. The minimum absolute atomic E-state index is 0.00169. The van der Waals surface area contributed by atoms with Gasteiger partial charge in [-0.05, 0) is 67.5 Å². The van der Waals surface area contributed by atoms with E-state index in [0.29, 0.717) is 57.2 Å². The van der Waals surface area contributed by atoms with E-state index in [1.165, 1.54) is 22.3 Å². The highest BCUT2D eigenvalue weighted by Gasteiger charge is 2.49. The Labute approximate surface area is 340 Å². The summed E-state index contributed by atoms with van der Waals surface area (Å²) in [5.74, 6) is 4.38. The van der Waals surface area contributed by atoms with Gasteiger partial charge >= 0.3 is 12.1 Å². The van der Waals surface area contributed by atoms with Crippen molar-refractivity contribution in [3.05, 3.63) is 100 Å². The summed E-state index contributed by atoms with van der Waals surface area (Å²) in [6.07, 6.45) is 5.49. The van der Waals surface area contributed by atoms with Crippen LogP contribution in [0.4, 0.5) is 15.3 Å². The summed E-state index contributed by atoms with van der Waals surface area (Å²) in [6.45, 7) is 6.68. The molecule has 0 unspecified atom stereocenters. The Morgan fingerprint density at radius 3 is 1.81 bits per heavy atom. The average molecular weight is 823 g/mol. The summed E-state index contributed by atoms with van der Waals surface area (Å²) < 4.78 is 0. The van der Waals surface area contributed by atoms with Gasteiger partial charge in [0.25, 0.3) is 11.6 Å². The van der Waals surface area contributed by atoms with E-state index in [1.807, 2.05) is 74.5 Å². The second kappa shape index (κ2) is 22.1. The number of benzene rings is 2. The molecule has 7 rings (SSSR count). The second-order valence-corrected chi connectivity index (χ2v) is 14.8. The van der Waals surface area contributed by atoms with Gasteiger partial charge in [0.1, 0.15) is 36.5 Å². The summed E-state index contributed by atoms with van der Waals surface area (Å²) in [5, 5.41) is 13.7. The van der Waals surface area contributed by atoms with Gasteiger partial charge in [0.05, 0.1) is 30.2 Å². The summed E-state index contributed by atoms with van der Waals surface area (Å²) in [5.41, 5.74) is 4.27. The average Bonchev–Trinajstić information content (AvgIpc) is 3.63. The minimum Gasteiger partial charge on any atom is -0.310 e. The Morgan fingerprint density at radius 2 is 1.34 bits per heavy atom. The number of nitrogens with one attached hydrogen (secondary N) is 1. The highest BCUT2D eigenvalue weighted by molar-refractivity contribution is 8.13. The quantitative estimate of drug-likeness (QED) is 0.0881. The number of aromatic nitrogens is 1. The van der Waals surface area contributed by atoms with Crippen molar-refractivity contribution < 1.29 is 43.5 Å².